The van der Waals surface area contributed by atoms with E-state index in [0.29, 0.717) is 13.0 Å². The van der Waals surface area contributed by atoms with Gasteiger partial charge in [0.25, 0.3) is 0 Å². The maximum absolute atomic E-state index is 11.6. The standard InChI is InChI=1S/C18H25BO4/c1-17(2)18(3,4)23-19(22-17)15-7-5-6-13(12-15)10-11-21-16(20)14-8-9-14/h5-7,12,14H,8-11H2,1-4H3. The molecule has 0 N–H and O–H groups in total. The molecule has 2 aliphatic rings. The van der Waals surface area contributed by atoms with Gasteiger partial charge in [-0.05, 0) is 51.6 Å². The fraction of sp³-hybridized carbons (Fsp3) is 0.611. The molecule has 3 rings (SSSR count). The summed E-state index contributed by atoms with van der Waals surface area (Å²) < 4.78 is 17.5. The van der Waals surface area contributed by atoms with Crippen LogP contribution in [0.1, 0.15) is 46.1 Å². The van der Waals surface area contributed by atoms with Crippen molar-refractivity contribution in [1.82, 2.24) is 0 Å². The minimum atomic E-state index is -0.353. The summed E-state index contributed by atoms with van der Waals surface area (Å²) in [6.07, 6.45) is 2.68. The Labute approximate surface area is 138 Å². The summed E-state index contributed by atoms with van der Waals surface area (Å²) in [7, 11) is -0.353. The molecule has 0 unspecified atom stereocenters. The topological polar surface area (TPSA) is 44.8 Å². The molecule has 0 radical (unpaired) electrons. The molecule has 1 aromatic rings. The zero-order valence-electron chi connectivity index (χ0n) is 14.4. The number of hydrogen-bond acceptors (Lipinski definition) is 4. The van der Waals surface area contributed by atoms with Gasteiger partial charge in [-0.1, -0.05) is 24.3 Å². The molecule has 0 atom stereocenters. The molecule has 2 fully saturated rings. The Kier molecular flexibility index (Phi) is 4.28. The monoisotopic (exact) mass is 316 g/mol. The third-order valence-corrected chi connectivity index (χ3v) is 5.02. The zero-order valence-corrected chi connectivity index (χ0v) is 14.4. The summed E-state index contributed by atoms with van der Waals surface area (Å²) in [6, 6.07) is 8.13. The molecule has 0 amide bonds. The molecule has 1 saturated carbocycles. The largest absolute Gasteiger partial charge is 0.494 e. The molecular formula is C18H25BO4. The summed E-state index contributed by atoms with van der Waals surface area (Å²) in [4.78, 5) is 11.6. The van der Waals surface area contributed by atoms with E-state index >= 15 is 0 Å². The van der Waals surface area contributed by atoms with Crippen LogP contribution in [0.3, 0.4) is 0 Å². The average molecular weight is 316 g/mol. The highest BCUT2D eigenvalue weighted by molar-refractivity contribution is 6.62. The second kappa shape index (κ2) is 5.95. The molecule has 1 aliphatic carbocycles. The quantitative estimate of drug-likeness (QED) is 0.618. The first-order valence-electron chi connectivity index (χ1n) is 8.40. The van der Waals surface area contributed by atoms with Crippen molar-refractivity contribution in [2.24, 2.45) is 5.92 Å². The molecule has 1 aliphatic heterocycles. The molecule has 124 valence electrons. The van der Waals surface area contributed by atoms with E-state index < -0.39 is 0 Å². The minimum absolute atomic E-state index is 0.0490. The van der Waals surface area contributed by atoms with Crippen LogP contribution in [0.2, 0.25) is 0 Å². The number of benzene rings is 1. The third-order valence-electron chi connectivity index (χ3n) is 5.02. The fourth-order valence-electron chi connectivity index (χ4n) is 2.58. The molecule has 1 heterocycles. The number of carbonyl (C=O) groups excluding carboxylic acids is 1. The number of hydrogen-bond donors (Lipinski definition) is 0. The lowest BCUT2D eigenvalue weighted by molar-refractivity contribution is -0.145. The van der Waals surface area contributed by atoms with Gasteiger partial charge in [0.05, 0.1) is 23.7 Å². The Balaban J connectivity index is 1.60. The van der Waals surface area contributed by atoms with E-state index in [1.54, 1.807) is 0 Å². The van der Waals surface area contributed by atoms with E-state index in [1.165, 1.54) is 0 Å². The van der Waals surface area contributed by atoms with Gasteiger partial charge in [-0.3, -0.25) is 4.79 Å². The van der Waals surface area contributed by atoms with E-state index in [-0.39, 0.29) is 30.2 Å². The number of rotatable bonds is 5. The fourth-order valence-corrected chi connectivity index (χ4v) is 2.58. The van der Waals surface area contributed by atoms with Crippen LogP contribution < -0.4 is 5.46 Å². The van der Waals surface area contributed by atoms with Gasteiger partial charge in [0, 0.05) is 6.42 Å². The molecule has 23 heavy (non-hydrogen) atoms. The zero-order chi connectivity index (χ0) is 16.7. The molecular weight excluding hydrogens is 291 g/mol. The van der Waals surface area contributed by atoms with Gasteiger partial charge < -0.3 is 14.0 Å². The van der Waals surface area contributed by atoms with E-state index in [9.17, 15) is 4.79 Å². The van der Waals surface area contributed by atoms with Crippen molar-refractivity contribution in [3.8, 4) is 0 Å². The van der Waals surface area contributed by atoms with Crippen molar-refractivity contribution < 1.29 is 18.8 Å². The Bertz CT molecular complexity index is 576. The SMILES string of the molecule is CC1(C)OB(c2cccc(CCOC(=O)C3CC3)c2)OC1(C)C. The van der Waals surface area contributed by atoms with Crippen molar-refractivity contribution in [2.75, 3.05) is 6.61 Å². The molecule has 1 saturated heterocycles. The van der Waals surface area contributed by atoms with Gasteiger partial charge in [0.1, 0.15) is 0 Å². The van der Waals surface area contributed by atoms with Gasteiger partial charge in [-0.2, -0.15) is 0 Å². The summed E-state index contributed by atoms with van der Waals surface area (Å²) in [5, 5.41) is 0. The maximum atomic E-state index is 11.6. The van der Waals surface area contributed by atoms with Crippen LogP contribution in [0.4, 0.5) is 0 Å². The number of ether oxygens (including phenoxy) is 1. The predicted molar refractivity (Wildman–Crippen MR) is 89.5 cm³/mol. The molecule has 1 aromatic carbocycles. The van der Waals surface area contributed by atoms with E-state index in [0.717, 1.165) is 23.9 Å². The van der Waals surface area contributed by atoms with Gasteiger partial charge in [-0.15, -0.1) is 0 Å². The maximum Gasteiger partial charge on any atom is 0.494 e. The van der Waals surface area contributed by atoms with Gasteiger partial charge >= 0.3 is 13.1 Å². The highest BCUT2D eigenvalue weighted by atomic mass is 16.7. The van der Waals surface area contributed by atoms with Crippen molar-refractivity contribution >= 4 is 18.6 Å². The van der Waals surface area contributed by atoms with Crippen LogP contribution >= 0.6 is 0 Å². The summed E-state index contributed by atoms with van der Waals surface area (Å²) in [5.74, 6) is 0.109. The summed E-state index contributed by atoms with van der Waals surface area (Å²) >= 11 is 0. The van der Waals surface area contributed by atoms with Crippen LogP contribution in [-0.4, -0.2) is 30.9 Å². The van der Waals surface area contributed by atoms with Gasteiger partial charge in [-0.25, -0.2) is 0 Å². The first kappa shape index (κ1) is 16.5. The van der Waals surface area contributed by atoms with Crippen LogP contribution in [0.5, 0.6) is 0 Å². The first-order valence-corrected chi connectivity index (χ1v) is 8.40. The highest BCUT2D eigenvalue weighted by Crippen LogP contribution is 2.36. The van der Waals surface area contributed by atoms with E-state index in [4.69, 9.17) is 14.0 Å². The molecule has 0 bridgehead atoms. The second-order valence-corrected chi connectivity index (χ2v) is 7.53. The van der Waals surface area contributed by atoms with E-state index in [1.807, 2.05) is 45.9 Å². The average Bonchev–Trinajstić information content (AvgIpc) is 3.27. The minimum Gasteiger partial charge on any atom is -0.465 e. The smallest absolute Gasteiger partial charge is 0.465 e. The lowest BCUT2D eigenvalue weighted by atomic mass is 9.78. The Morgan fingerprint density at radius 3 is 2.48 bits per heavy atom. The van der Waals surface area contributed by atoms with Gasteiger partial charge in [0.15, 0.2) is 0 Å². The van der Waals surface area contributed by atoms with Crippen LogP contribution in [0.15, 0.2) is 24.3 Å². The molecule has 5 heteroatoms. The first-order chi connectivity index (χ1) is 10.8. The molecule has 0 spiro atoms. The van der Waals surface area contributed by atoms with E-state index in [2.05, 4.69) is 6.07 Å². The van der Waals surface area contributed by atoms with Gasteiger partial charge in [0.2, 0.25) is 0 Å². The lowest BCUT2D eigenvalue weighted by Crippen LogP contribution is -2.41. The van der Waals surface area contributed by atoms with Crippen molar-refractivity contribution in [2.45, 2.75) is 58.2 Å². The van der Waals surface area contributed by atoms with Crippen molar-refractivity contribution in [3.05, 3.63) is 29.8 Å². The van der Waals surface area contributed by atoms with Crippen LogP contribution in [-0.2, 0) is 25.3 Å². The third kappa shape index (κ3) is 3.61. The number of carbonyl (C=O) groups is 1. The van der Waals surface area contributed by atoms with Crippen LogP contribution in [0.25, 0.3) is 0 Å². The normalized spacial score (nSPS) is 22.2. The number of esters is 1. The Morgan fingerprint density at radius 2 is 1.87 bits per heavy atom. The lowest BCUT2D eigenvalue weighted by Gasteiger charge is -2.32. The predicted octanol–water partition coefficient (Wildman–Crippen LogP) is 2.48. The van der Waals surface area contributed by atoms with Crippen molar-refractivity contribution in [3.63, 3.8) is 0 Å². The molecule has 4 nitrogen and oxygen atoms in total. The summed E-state index contributed by atoms with van der Waals surface area (Å²) in [5.41, 5.74) is 1.46. The Morgan fingerprint density at radius 1 is 1.22 bits per heavy atom. The highest BCUT2D eigenvalue weighted by Gasteiger charge is 2.51. The second-order valence-electron chi connectivity index (χ2n) is 7.53. The van der Waals surface area contributed by atoms with Crippen molar-refractivity contribution in [1.29, 1.82) is 0 Å². The summed E-state index contributed by atoms with van der Waals surface area (Å²) in [6.45, 7) is 8.63. The Hall–Kier alpha value is -1.33. The van der Waals surface area contributed by atoms with Crippen LogP contribution in [0, 0.1) is 5.92 Å². The molecule has 0 aromatic heterocycles.